The van der Waals surface area contributed by atoms with Gasteiger partial charge >= 0.3 is 0 Å². The van der Waals surface area contributed by atoms with Gasteiger partial charge in [0.2, 0.25) is 0 Å². The van der Waals surface area contributed by atoms with Gasteiger partial charge in [0.1, 0.15) is 11.0 Å². The fourth-order valence-corrected chi connectivity index (χ4v) is 5.67. The van der Waals surface area contributed by atoms with Crippen LogP contribution >= 0.6 is 23.4 Å². The molecule has 0 aliphatic carbocycles. The van der Waals surface area contributed by atoms with E-state index in [1.54, 1.807) is 0 Å². The summed E-state index contributed by atoms with van der Waals surface area (Å²) in [6.45, 7) is 8.71. The number of aromatic nitrogens is 2. The first-order valence-corrected chi connectivity index (χ1v) is 15.1. The van der Waals surface area contributed by atoms with Crippen LogP contribution in [0.3, 0.4) is 0 Å². The molecule has 0 saturated carbocycles. The third-order valence-electron chi connectivity index (χ3n) is 7.15. The first-order valence-electron chi connectivity index (χ1n) is 13.8. The second-order valence-corrected chi connectivity index (χ2v) is 11.5. The third-order valence-corrected chi connectivity index (χ3v) is 8.26. The highest BCUT2D eigenvalue weighted by Crippen LogP contribution is 2.26. The van der Waals surface area contributed by atoms with Crippen molar-refractivity contribution in [1.29, 1.82) is 0 Å². The molecule has 2 heterocycles. The summed E-state index contributed by atoms with van der Waals surface area (Å²) in [5, 5.41) is 4.07. The van der Waals surface area contributed by atoms with Crippen molar-refractivity contribution in [2.45, 2.75) is 24.8 Å². The molecule has 1 saturated heterocycles. The van der Waals surface area contributed by atoms with Crippen LogP contribution in [-0.4, -0.2) is 53.5 Å². The summed E-state index contributed by atoms with van der Waals surface area (Å²) in [7, 11) is 0. The number of rotatable bonds is 9. The molecule has 41 heavy (non-hydrogen) atoms. The van der Waals surface area contributed by atoms with Crippen LogP contribution in [-0.2, 0) is 5.75 Å². The Bertz CT molecular complexity index is 1520. The largest absolute Gasteiger partial charge is 0.354 e. The van der Waals surface area contributed by atoms with E-state index in [1.807, 2.05) is 61.5 Å². The fraction of sp³-hybridized carbons (Fsp3) is 0.242. The Morgan fingerprint density at radius 1 is 0.927 bits per heavy atom. The predicted octanol–water partition coefficient (Wildman–Crippen LogP) is 7.13. The minimum absolute atomic E-state index is 0.129. The number of amides is 1. The Hall–Kier alpha value is -3.65. The standard InChI is InChI=1S/C33H34ClN5OS/c1-24-13-14-29(20-25(24)2)35-32(40)28-12-6-10-27(21-28)23-41-33-36-30(34)22-31(37-33)39-18-16-38(17-19-39)15-7-11-26-8-4-3-5-9-26/h3-14,20-22H,15-19,23H2,1-2H3,(H,35,40)/b11-7+. The number of thioether (sulfide) groups is 1. The number of anilines is 2. The normalized spacial score (nSPS) is 14.0. The summed E-state index contributed by atoms with van der Waals surface area (Å²) in [4.78, 5) is 26.8. The molecular formula is C33H34ClN5OS. The predicted molar refractivity (Wildman–Crippen MR) is 171 cm³/mol. The summed E-state index contributed by atoms with van der Waals surface area (Å²) in [6.07, 6.45) is 4.40. The van der Waals surface area contributed by atoms with Crippen molar-refractivity contribution >= 4 is 46.9 Å². The molecule has 0 atom stereocenters. The molecule has 6 nitrogen and oxygen atoms in total. The van der Waals surface area contributed by atoms with Gasteiger partial charge in [-0.05, 0) is 60.4 Å². The number of piperazine rings is 1. The molecule has 1 aliphatic heterocycles. The van der Waals surface area contributed by atoms with Crippen molar-refractivity contribution in [2.75, 3.05) is 42.9 Å². The maximum atomic E-state index is 12.9. The molecule has 210 valence electrons. The van der Waals surface area contributed by atoms with E-state index in [1.165, 1.54) is 22.9 Å². The molecule has 0 unspecified atom stereocenters. The van der Waals surface area contributed by atoms with E-state index in [-0.39, 0.29) is 5.91 Å². The summed E-state index contributed by atoms with van der Waals surface area (Å²) < 4.78 is 0. The smallest absolute Gasteiger partial charge is 0.255 e. The van der Waals surface area contributed by atoms with Crippen LogP contribution in [0.15, 0.2) is 90.1 Å². The number of aryl methyl sites for hydroxylation is 2. The minimum Gasteiger partial charge on any atom is -0.354 e. The molecule has 5 rings (SSSR count). The van der Waals surface area contributed by atoms with Gasteiger partial charge in [-0.3, -0.25) is 9.69 Å². The quantitative estimate of drug-likeness (QED) is 0.128. The highest BCUT2D eigenvalue weighted by atomic mass is 35.5. The highest BCUT2D eigenvalue weighted by molar-refractivity contribution is 7.98. The number of benzene rings is 3. The summed E-state index contributed by atoms with van der Waals surface area (Å²) in [6, 6.07) is 25.8. The summed E-state index contributed by atoms with van der Waals surface area (Å²) in [5.74, 6) is 1.36. The van der Waals surface area contributed by atoms with Crippen molar-refractivity contribution in [3.8, 4) is 0 Å². The van der Waals surface area contributed by atoms with Gasteiger partial charge in [0.05, 0.1) is 0 Å². The average Bonchev–Trinajstić information content (AvgIpc) is 2.99. The highest BCUT2D eigenvalue weighted by Gasteiger charge is 2.19. The Morgan fingerprint density at radius 3 is 2.51 bits per heavy atom. The molecule has 8 heteroatoms. The number of halogens is 1. The van der Waals surface area contributed by atoms with E-state index in [0.717, 1.165) is 55.4 Å². The monoisotopic (exact) mass is 583 g/mol. The number of hydrogen-bond acceptors (Lipinski definition) is 6. The lowest BCUT2D eigenvalue weighted by atomic mass is 10.1. The second kappa shape index (κ2) is 13.8. The third kappa shape index (κ3) is 8.19. The lowest BCUT2D eigenvalue weighted by molar-refractivity contribution is 0.102. The van der Waals surface area contributed by atoms with Gasteiger partial charge in [-0.25, -0.2) is 9.97 Å². The van der Waals surface area contributed by atoms with E-state index in [9.17, 15) is 4.79 Å². The summed E-state index contributed by atoms with van der Waals surface area (Å²) >= 11 is 7.93. The Balaban J connectivity index is 1.15. The van der Waals surface area contributed by atoms with E-state index in [2.05, 4.69) is 63.4 Å². The molecule has 0 radical (unpaired) electrons. The molecule has 1 aliphatic rings. The topological polar surface area (TPSA) is 61.4 Å². The van der Waals surface area contributed by atoms with Crippen molar-refractivity contribution < 1.29 is 4.79 Å². The van der Waals surface area contributed by atoms with Crippen LogP contribution in [0.4, 0.5) is 11.5 Å². The van der Waals surface area contributed by atoms with Crippen molar-refractivity contribution in [1.82, 2.24) is 14.9 Å². The second-order valence-electron chi connectivity index (χ2n) is 10.2. The van der Waals surface area contributed by atoms with Gasteiger partial charge in [-0.15, -0.1) is 0 Å². The van der Waals surface area contributed by atoms with Gasteiger partial charge < -0.3 is 10.2 Å². The SMILES string of the molecule is Cc1ccc(NC(=O)c2cccc(CSc3nc(Cl)cc(N4CCN(C/C=C/c5ccccc5)CC4)n3)c2)cc1C. The Kier molecular flexibility index (Phi) is 9.72. The zero-order valence-electron chi connectivity index (χ0n) is 23.4. The van der Waals surface area contributed by atoms with Gasteiger partial charge in [-0.2, -0.15) is 0 Å². The first kappa shape index (κ1) is 28.9. The van der Waals surface area contributed by atoms with Crippen LogP contribution in [0.1, 0.15) is 32.6 Å². The Morgan fingerprint density at radius 2 is 1.73 bits per heavy atom. The van der Waals surface area contributed by atoms with E-state index in [4.69, 9.17) is 16.6 Å². The van der Waals surface area contributed by atoms with E-state index in [0.29, 0.717) is 21.6 Å². The minimum atomic E-state index is -0.129. The molecule has 1 amide bonds. The molecule has 0 bridgehead atoms. The summed E-state index contributed by atoms with van der Waals surface area (Å²) in [5.41, 5.74) is 5.99. The van der Waals surface area contributed by atoms with Crippen molar-refractivity contribution in [2.24, 2.45) is 0 Å². The van der Waals surface area contributed by atoms with Gasteiger partial charge in [0, 0.05) is 55.8 Å². The van der Waals surface area contributed by atoms with Crippen LogP contribution < -0.4 is 10.2 Å². The van der Waals surface area contributed by atoms with Crippen LogP contribution in [0.2, 0.25) is 5.15 Å². The van der Waals surface area contributed by atoms with E-state index < -0.39 is 0 Å². The van der Waals surface area contributed by atoms with Crippen molar-refractivity contribution in [3.05, 3.63) is 118 Å². The van der Waals surface area contributed by atoms with E-state index >= 15 is 0 Å². The zero-order valence-corrected chi connectivity index (χ0v) is 25.0. The molecular weight excluding hydrogens is 550 g/mol. The zero-order chi connectivity index (χ0) is 28.6. The van der Waals surface area contributed by atoms with Crippen molar-refractivity contribution in [3.63, 3.8) is 0 Å². The maximum Gasteiger partial charge on any atom is 0.255 e. The molecule has 4 aromatic rings. The fourth-order valence-electron chi connectivity index (χ4n) is 4.65. The van der Waals surface area contributed by atoms with Crippen LogP contribution in [0, 0.1) is 13.8 Å². The molecule has 0 spiro atoms. The molecule has 1 aromatic heterocycles. The average molecular weight is 584 g/mol. The molecule has 1 N–H and O–H groups in total. The lowest BCUT2D eigenvalue weighted by Crippen LogP contribution is -2.46. The number of nitrogens with zero attached hydrogens (tertiary/aromatic N) is 4. The van der Waals surface area contributed by atoms with Gasteiger partial charge in [0.25, 0.3) is 5.91 Å². The number of carbonyl (C=O) groups is 1. The maximum absolute atomic E-state index is 12.9. The lowest BCUT2D eigenvalue weighted by Gasteiger charge is -2.35. The van der Waals surface area contributed by atoms with Crippen LogP contribution in [0.5, 0.6) is 0 Å². The Labute approximate surface area is 251 Å². The molecule has 1 fully saturated rings. The van der Waals surface area contributed by atoms with Gasteiger partial charge in [-0.1, -0.05) is 84.0 Å². The van der Waals surface area contributed by atoms with Crippen LogP contribution in [0.25, 0.3) is 6.08 Å². The number of hydrogen-bond donors (Lipinski definition) is 1. The number of nitrogens with one attached hydrogen (secondary N) is 1. The van der Waals surface area contributed by atoms with Gasteiger partial charge in [0.15, 0.2) is 5.16 Å². The number of carbonyl (C=O) groups excluding carboxylic acids is 1. The molecule has 3 aromatic carbocycles. The first-order chi connectivity index (χ1) is 19.9.